The molecule has 0 aromatic carbocycles. The van der Waals surface area contributed by atoms with Crippen molar-refractivity contribution in [3.05, 3.63) is 0 Å². The molecule has 44 heavy (non-hydrogen) atoms. The Bertz CT molecular complexity index is 848. The molecule has 0 aromatic heterocycles. The van der Waals surface area contributed by atoms with Crippen molar-refractivity contribution in [2.45, 2.75) is 172 Å². The second-order valence-corrected chi connectivity index (χ2v) is 12.9. The lowest BCUT2D eigenvalue weighted by atomic mass is 9.99. The first kappa shape index (κ1) is 41.1. The number of carbonyl (C=O) groups is 1. The third-order valence-corrected chi connectivity index (χ3v) is 8.49. The van der Waals surface area contributed by atoms with Crippen LogP contribution in [-0.4, -0.2) is 107 Å². The van der Waals surface area contributed by atoms with Gasteiger partial charge in [-0.3, -0.25) is 9.35 Å². The monoisotopic (exact) mass is 657 g/mol. The second kappa shape index (κ2) is 23.4. The van der Waals surface area contributed by atoms with Gasteiger partial charge in [-0.15, -0.1) is 0 Å². The van der Waals surface area contributed by atoms with E-state index in [1.165, 1.54) is 32.1 Å². The molecule has 1 saturated heterocycles. The van der Waals surface area contributed by atoms with Crippen LogP contribution in [0.5, 0.6) is 0 Å². The van der Waals surface area contributed by atoms with Gasteiger partial charge in [-0.1, -0.05) is 110 Å². The predicted octanol–water partition coefficient (Wildman–Crippen LogP) is 2.51. The number of unbranched alkanes of at least 4 members (excludes halogenated alkanes) is 13. The molecule has 1 rings (SSSR count). The van der Waals surface area contributed by atoms with E-state index in [1.807, 2.05) is 0 Å². The molecule has 1 heterocycles. The molecule has 0 aromatic rings. The molecule has 1 aliphatic heterocycles. The first-order chi connectivity index (χ1) is 20.9. The third-order valence-electron chi connectivity index (χ3n) is 8.02. The number of nitrogens with one attached hydrogen (secondary N) is 1. The molecule has 1 fully saturated rings. The predicted molar refractivity (Wildman–Crippen MR) is 164 cm³/mol. The van der Waals surface area contributed by atoms with Crippen LogP contribution in [0.3, 0.4) is 0 Å². The van der Waals surface area contributed by atoms with E-state index in [4.69, 9.17) is 14.0 Å². The average molecular weight is 658 g/mol. The normalized spacial score (nSPS) is 24.6. The Balaban J connectivity index is 2.75. The van der Waals surface area contributed by atoms with E-state index in [0.717, 1.165) is 51.4 Å². The van der Waals surface area contributed by atoms with Crippen LogP contribution in [0, 0.1) is 0 Å². The molecule has 0 saturated carbocycles. The summed E-state index contributed by atoms with van der Waals surface area (Å²) < 4.78 is 46.9. The van der Waals surface area contributed by atoms with Gasteiger partial charge in [0.25, 0.3) is 0 Å². The van der Waals surface area contributed by atoms with Crippen molar-refractivity contribution in [1.29, 1.82) is 0 Å². The van der Waals surface area contributed by atoms with Gasteiger partial charge in [-0.2, -0.15) is 8.42 Å². The Morgan fingerprint density at radius 2 is 1.32 bits per heavy atom. The topological polar surface area (TPSA) is 212 Å². The highest BCUT2D eigenvalue weighted by Crippen LogP contribution is 2.26. The molecule has 13 nitrogen and oxygen atoms in total. The van der Waals surface area contributed by atoms with E-state index >= 15 is 0 Å². The maximum absolute atomic E-state index is 12.8. The molecule has 0 radical (unpaired) electrons. The fraction of sp³-hybridized carbons (Fsp3) is 0.967. The smallest absolute Gasteiger partial charge is 0.394 e. The zero-order valence-corrected chi connectivity index (χ0v) is 27.4. The molecule has 1 amide bonds. The lowest BCUT2D eigenvalue weighted by Gasteiger charge is -2.41. The number of amides is 1. The second-order valence-electron chi connectivity index (χ2n) is 11.9. The molecule has 0 aliphatic carbocycles. The molecule has 262 valence electrons. The number of ether oxygens (including phenoxy) is 2. The van der Waals surface area contributed by atoms with Crippen LogP contribution in [0.2, 0.25) is 0 Å². The standard InChI is InChI=1S/C30H59NO12S/c1-3-5-7-9-11-12-13-15-17-19-24(34)29(37)31-22(23(33)18-16-14-10-8-6-4-2)21-41-30-27(36)28(43-44(38,39)40)26(35)25(20-32)42-30/h22-28,30,32-36H,3-21H2,1-2H3,(H,31,37)(H,38,39,40). The molecule has 7 N–H and O–H groups in total. The van der Waals surface area contributed by atoms with Crippen molar-refractivity contribution in [2.75, 3.05) is 13.2 Å². The number of rotatable bonds is 26. The van der Waals surface area contributed by atoms with E-state index in [-0.39, 0.29) is 6.42 Å². The Morgan fingerprint density at radius 3 is 1.82 bits per heavy atom. The van der Waals surface area contributed by atoms with Gasteiger partial charge in [-0.25, -0.2) is 4.18 Å². The first-order valence-electron chi connectivity index (χ1n) is 16.5. The molecular formula is C30H59NO12S. The number of aliphatic hydroxyl groups excluding tert-OH is 5. The molecule has 0 bridgehead atoms. The Morgan fingerprint density at radius 1 is 0.818 bits per heavy atom. The minimum atomic E-state index is -5.09. The van der Waals surface area contributed by atoms with Gasteiger partial charge < -0.3 is 40.3 Å². The SMILES string of the molecule is CCCCCCCCCCCC(O)C(=O)NC(COC1OC(CO)C(O)C(OS(=O)(=O)O)C1O)C(O)CCCCCCCC. The zero-order valence-electron chi connectivity index (χ0n) is 26.6. The molecular weight excluding hydrogens is 598 g/mol. The van der Waals surface area contributed by atoms with Gasteiger partial charge in [-0.05, 0) is 12.8 Å². The molecule has 8 unspecified atom stereocenters. The van der Waals surface area contributed by atoms with Gasteiger partial charge in [0.15, 0.2) is 6.29 Å². The van der Waals surface area contributed by atoms with Crippen LogP contribution in [0.25, 0.3) is 0 Å². The summed E-state index contributed by atoms with van der Waals surface area (Å²) in [6.07, 6.45) is 5.24. The number of carbonyl (C=O) groups excluding carboxylic acids is 1. The quantitative estimate of drug-likeness (QED) is 0.0528. The lowest BCUT2D eigenvalue weighted by Crippen LogP contribution is -2.61. The minimum Gasteiger partial charge on any atom is -0.394 e. The largest absolute Gasteiger partial charge is 0.397 e. The van der Waals surface area contributed by atoms with Gasteiger partial charge in [0, 0.05) is 0 Å². The van der Waals surface area contributed by atoms with Gasteiger partial charge >= 0.3 is 10.4 Å². The van der Waals surface area contributed by atoms with Crippen LogP contribution < -0.4 is 5.32 Å². The summed E-state index contributed by atoms with van der Waals surface area (Å²) in [6.45, 7) is 3.10. The van der Waals surface area contributed by atoms with Crippen LogP contribution >= 0.6 is 0 Å². The van der Waals surface area contributed by atoms with Crippen LogP contribution in [0.1, 0.15) is 123 Å². The maximum atomic E-state index is 12.8. The summed E-state index contributed by atoms with van der Waals surface area (Å²) >= 11 is 0. The van der Waals surface area contributed by atoms with Crippen LogP contribution in [-0.2, 0) is 28.9 Å². The summed E-state index contributed by atoms with van der Waals surface area (Å²) in [5, 5.41) is 54.4. The molecule has 0 spiro atoms. The summed E-state index contributed by atoms with van der Waals surface area (Å²) in [6, 6.07) is -1.02. The van der Waals surface area contributed by atoms with Crippen molar-refractivity contribution in [1.82, 2.24) is 5.32 Å². The highest BCUT2D eigenvalue weighted by molar-refractivity contribution is 7.80. The fourth-order valence-electron chi connectivity index (χ4n) is 5.29. The van der Waals surface area contributed by atoms with E-state index in [9.17, 15) is 38.7 Å². The van der Waals surface area contributed by atoms with Crippen molar-refractivity contribution < 1.29 is 57.0 Å². The summed E-state index contributed by atoms with van der Waals surface area (Å²) in [7, 11) is -5.09. The highest BCUT2D eigenvalue weighted by atomic mass is 32.3. The third kappa shape index (κ3) is 17.1. The number of hydrogen-bond donors (Lipinski definition) is 7. The maximum Gasteiger partial charge on any atom is 0.397 e. The molecule has 14 heteroatoms. The minimum absolute atomic E-state index is 0.262. The molecule has 8 atom stereocenters. The van der Waals surface area contributed by atoms with Crippen molar-refractivity contribution >= 4 is 16.3 Å². The van der Waals surface area contributed by atoms with Crippen molar-refractivity contribution in [3.63, 3.8) is 0 Å². The summed E-state index contributed by atoms with van der Waals surface area (Å²) in [4.78, 5) is 12.8. The van der Waals surface area contributed by atoms with E-state index in [2.05, 4.69) is 23.3 Å². The van der Waals surface area contributed by atoms with E-state index in [0.29, 0.717) is 19.3 Å². The number of hydrogen-bond acceptors (Lipinski definition) is 11. The Labute approximate surface area is 263 Å². The van der Waals surface area contributed by atoms with Crippen molar-refractivity contribution in [3.8, 4) is 0 Å². The first-order valence-corrected chi connectivity index (χ1v) is 17.9. The lowest BCUT2D eigenvalue weighted by molar-refractivity contribution is -0.298. The van der Waals surface area contributed by atoms with Crippen molar-refractivity contribution in [2.24, 2.45) is 0 Å². The van der Waals surface area contributed by atoms with Gasteiger partial charge in [0.05, 0.1) is 25.4 Å². The highest BCUT2D eigenvalue weighted by Gasteiger charge is 2.48. The van der Waals surface area contributed by atoms with Crippen LogP contribution in [0.15, 0.2) is 0 Å². The molecule has 1 aliphatic rings. The number of aliphatic hydroxyl groups is 5. The summed E-state index contributed by atoms with van der Waals surface area (Å²) in [5.41, 5.74) is 0. The van der Waals surface area contributed by atoms with E-state index < -0.39 is 78.5 Å². The van der Waals surface area contributed by atoms with Gasteiger partial charge in [0.2, 0.25) is 5.91 Å². The fourth-order valence-corrected chi connectivity index (χ4v) is 5.79. The zero-order chi connectivity index (χ0) is 33.0. The van der Waals surface area contributed by atoms with Gasteiger partial charge in [0.1, 0.15) is 30.5 Å². The van der Waals surface area contributed by atoms with Crippen LogP contribution in [0.4, 0.5) is 0 Å². The van der Waals surface area contributed by atoms with E-state index in [1.54, 1.807) is 0 Å². The Kier molecular flexibility index (Phi) is 21.8. The Hall–Kier alpha value is -0.940. The summed E-state index contributed by atoms with van der Waals surface area (Å²) in [5.74, 6) is -0.679. The average Bonchev–Trinajstić information content (AvgIpc) is 2.98.